The molecule has 1 fully saturated rings. The Kier molecular flexibility index (Phi) is 8.26. The van der Waals surface area contributed by atoms with Gasteiger partial charge in [-0.2, -0.15) is 0 Å². The molecule has 0 aromatic heterocycles. The van der Waals surface area contributed by atoms with Gasteiger partial charge in [0.1, 0.15) is 11.6 Å². The van der Waals surface area contributed by atoms with Crippen LogP contribution in [0.25, 0.3) is 0 Å². The fraction of sp³-hybridized carbons (Fsp3) is 0.789. The van der Waals surface area contributed by atoms with E-state index in [1.165, 1.54) is 13.8 Å². The standard InChI is InChI=1S/C19H31NO8/c1-7-8-11-25-16(23)13(20-17(24)28-18(2,3)4)10-9-12-14(21)26-19(5,6)27-15(12)22/h12-13H,7-11H2,1-6H3,(H,20,24)/t13-/m0/s1. The average molecular weight is 401 g/mol. The minimum atomic E-state index is -1.32. The molecule has 160 valence electrons. The van der Waals surface area contributed by atoms with Crippen molar-refractivity contribution in [2.24, 2.45) is 5.92 Å². The van der Waals surface area contributed by atoms with E-state index in [4.69, 9.17) is 18.9 Å². The minimum absolute atomic E-state index is 0.0144. The number of ether oxygens (including phenoxy) is 4. The predicted octanol–water partition coefficient (Wildman–Crippen LogP) is 2.46. The fourth-order valence-corrected chi connectivity index (χ4v) is 2.43. The Bertz CT molecular complexity index is 573. The number of hydrogen-bond donors (Lipinski definition) is 1. The van der Waals surface area contributed by atoms with Gasteiger partial charge < -0.3 is 24.3 Å². The highest BCUT2D eigenvalue weighted by molar-refractivity contribution is 5.96. The molecule has 1 saturated heterocycles. The van der Waals surface area contributed by atoms with E-state index in [2.05, 4.69) is 5.32 Å². The third-order valence-corrected chi connectivity index (χ3v) is 3.72. The van der Waals surface area contributed by atoms with E-state index in [1.54, 1.807) is 20.8 Å². The molecule has 1 aliphatic rings. The van der Waals surface area contributed by atoms with Crippen molar-refractivity contribution >= 4 is 24.0 Å². The lowest BCUT2D eigenvalue weighted by Crippen LogP contribution is -2.48. The maximum absolute atomic E-state index is 12.3. The molecule has 1 amide bonds. The Balaban J connectivity index is 2.76. The number of rotatable bonds is 8. The molecule has 0 saturated carbocycles. The zero-order valence-corrected chi connectivity index (χ0v) is 17.5. The normalized spacial score (nSPS) is 17.9. The van der Waals surface area contributed by atoms with Crippen molar-refractivity contribution in [2.45, 2.75) is 84.7 Å². The summed E-state index contributed by atoms with van der Waals surface area (Å²) in [6, 6.07) is -1.07. The third-order valence-electron chi connectivity index (χ3n) is 3.72. The monoisotopic (exact) mass is 401 g/mol. The second kappa shape index (κ2) is 9.75. The van der Waals surface area contributed by atoms with Gasteiger partial charge in [-0.25, -0.2) is 9.59 Å². The van der Waals surface area contributed by atoms with E-state index in [0.717, 1.165) is 6.42 Å². The number of alkyl carbamates (subject to hydrolysis) is 1. The van der Waals surface area contributed by atoms with Gasteiger partial charge >= 0.3 is 24.0 Å². The average Bonchev–Trinajstić information content (AvgIpc) is 2.50. The SMILES string of the molecule is CCCCOC(=O)[C@H](CCC1C(=O)OC(C)(C)OC1=O)NC(=O)OC(C)(C)C. The van der Waals surface area contributed by atoms with E-state index < -0.39 is 47.3 Å². The van der Waals surface area contributed by atoms with Gasteiger partial charge in [-0.15, -0.1) is 0 Å². The molecule has 1 heterocycles. The highest BCUT2D eigenvalue weighted by Crippen LogP contribution is 2.26. The van der Waals surface area contributed by atoms with Crippen molar-refractivity contribution < 1.29 is 38.1 Å². The van der Waals surface area contributed by atoms with Crippen molar-refractivity contribution in [3.05, 3.63) is 0 Å². The van der Waals surface area contributed by atoms with Crippen LogP contribution in [0.3, 0.4) is 0 Å². The highest BCUT2D eigenvalue weighted by atomic mass is 16.7. The summed E-state index contributed by atoms with van der Waals surface area (Å²) >= 11 is 0. The van der Waals surface area contributed by atoms with Gasteiger partial charge in [-0.1, -0.05) is 13.3 Å². The molecule has 1 atom stereocenters. The first-order valence-electron chi connectivity index (χ1n) is 9.46. The summed E-state index contributed by atoms with van der Waals surface area (Å²) in [5.41, 5.74) is -0.747. The highest BCUT2D eigenvalue weighted by Gasteiger charge is 2.43. The Labute approximate surface area is 165 Å². The minimum Gasteiger partial charge on any atom is -0.464 e. The molecular formula is C19H31NO8. The van der Waals surface area contributed by atoms with E-state index in [9.17, 15) is 19.2 Å². The summed E-state index contributed by atoms with van der Waals surface area (Å²) in [6.07, 6.45) is 0.671. The Hall–Kier alpha value is -2.32. The van der Waals surface area contributed by atoms with Gasteiger partial charge in [-0.05, 0) is 40.0 Å². The van der Waals surface area contributed by atoms with Crippen molar-refractivity contribution in [1.29, 1.82) is 0 Å². The summed E-state index contributed by atoms with van der Waals surface area (Å²) in [7, 11) is 0. The summed E-state index contributed by atoms with van der Waals surface area (Å²) in [6.45, 7) is 10.1. The zero-order valence-electron chi connectivity index (χ0n) is 17.5. The molecule has 9 heteroatoms. The number of carbonyl (C=O) groups is 4. The van der Waals surface area contributed by atoms with Crippen LogP contribution in [0.4, 0.5) is 4.79 Å². The first-order chi connectivity index (χ1) is 12.8. The lowest BCUT2D eigenvalue weighted by molar-refractivity contribution is -0.240. The number of amides is 1. The van der Waals surface area contributed by atoms with Crippen LogP contribution < -0.4 is 5.32 Å². The maximum atomic E-state index is 12.3. The molecule has 1 aliphatic heterocycles. The second-order valence-corrected chi connectivity index (χ2v) is 8.09. The number of hydrogen-bond acceptors (Lipinski definition) is 8. The first-order valence-corrected chi connectivity index (χ1v) is 9.46. The smallest absolute Gasteiger partial charge is 0.408 e. The van der Waals surface area contributed by atoms with Crippen molar-refractivity contribution in [3.8, 4) is 0 Å². The number of cyclic esters (lactones) is 2. The van der Waals surface area contributed by atoms with Gasteiger partial charge in [0.2, 0.25) is 0 Å². The molecule has 0 aromatic rings. The van der Waals surface area contributed by atoms with Crippen LogP contribution in [-0.4, -0.2) is 48.0 Å². The molecule has 0 aliphatic carbocycles. The topological polar surface area (TPSA) is 117 Å². The van der Waals surface area contributed by atoms with Crippen LogP contribution in [-0.2, 0) is 33.3 Å². The van der Waals surface area contributed by atoms with Gasteiger partial charge in [0, 0.05) is 13.8 Å². The van der Waals surface area contributed by atoms with Crippen molar-refractivity contribution in [1.82, 2.24) is 5.32 Å². The van der Waals surface area contributed by atoms with Gasteiger partial charge in [-0.3, -0.25) is 9.59 Å². The summed E-state index contributed by atoms with van der Waals surface area (Å²) in [5, 5.41) is 2.45. The van der Waals surface area contributed by atoms with Crippen LogP contribution in [0.5, 0.6) is 0 Å². The Morgan fingerprint density at radius 3 is 2.25 bits per heavy atom. The lowest BCUT2D eigenvalue weighted by Gasteiger charge is -2.33. The zero-order chi connectivity index (χ0) is 21.5. The number of esters is 3. The van der Waals surface area contributed by atoms with Gasteiger partial charge in [0.25, 0.3) is 5.79 Å². The van der Waals surface area contributed by atoms with Gasteiger partial charge in [0.05, 0.1) is 6.61 Å². The molecule has 1 N–H and O–H groups in total. The largest absolute Gasteiger partial charge is 0.464 e. The van der Waals surface area contributed by atoms with Crippen molar-refractivity contribution in [2.75, 3.05) is 6.61 Å². The summed E-state index contributed by atoms with van der Waals surface area (Å²) in [5.74, 6) is -4.59. The number of carbonyl (C=O) groups excluding carboxylic acids is 4. The van der Waals surface area contributed by atoms with E-state index in [0.29, 0.717) is 6.42 Å². The number of nitrogens with one attached hydrogen (secondary N) is 1. The molecule has 0 unspecified atom stereocenters. The molecule has 28 heavy (non-hydrogen) atoms. The third kappa shape index (κ3) is 8.14. The molecule has 9 nitrogen and oxygen atoms in total. The van der Waals surface area contributed by atoms with Crippen LogP contribution in [0.15, 0.2) is 0 Å². The molecular weight excluding hydrogens is 370 g/mol. The maximum Gasteiger partial charge on any atom is 0.408 e. The Morgan fingerprint density at radius 2 is 1.75 bits per heavy atom. The van der Waals surface area contributed by atoms with E-state index in [1.807, 2.05) is 6.92 Å². The second-order valence-electron chi connectivity index (χ2n) is 8.09. The van der Waals surface area contributed by atoms with Crippen LogP contribution in [0.2, 0.25) is 0 Å². The van der Waals surface area contributed by atoms with Crippen LogP contribution >= 0.6 is 0 Å². The molecule has 0 spiro atoms. The summed E-state index contributed by atoms with van der Waals surface area (Å²) < 4.78 is 20.5. The molecule has 1 rings (SSSR count). The lowest BCUT2D eigenvalue weighted by atomic mass is 9.98. The Morgan fingerprint density at radius 1 is 1.18 bits per heavy atom. The number of unbranched alkanes of at least 4 members (excludes halogenated alkanes) is 1. The van der Waals surface area contributed by atoms with E-state index in [-0.39, 0.29) is 19.4 Å². The molecule has 0 bridgehead atoms. The molecule has 0 radical (unpaired) electrons. The van der Waals surface area contributed by atoms with E-state index >= 15 is 0 Å². The first kappa shape index (κ1) is 23.7. The molecule has 0 aromatic carbocycles. The summed E-state index contributed by atoms with van der Waals surface area (Å²) in [4.78, 5) is 48.5. The van der Waals surface area contributed by atoms with Crippen molar-refractivity contribution in [3.63, 3.8) is 0 Å². The predicted molar refractivity (Wildman–Crippen MR) is 98.0 cm³/mol. The van der Waals surface area contributed by atoms with Crippen LogP contribution in [0, 0.1) is 5.92 Å². The fourth-order valence-electron chi connectivity index (χ4n) is 2.43. The quantitative estimate of drug-likeness (QED) is 0.285. The van der Waals surface area contributed by atoms with Crippen LogP contribution in [0.1, 0.15) is 67.2 Å². The van der Waals surface area contributed by atoms with Gasteiger partial charge in [0.15, 0.2) is 5.92 Å².